The van der Waals surface area contributed by atoms with Crippen molar-refractivity contribution in [3.8, 4) is 17.0 Å². The normalized spacial score (nSPS) is 11.7. The molecule has 0 saturated carbocycles. The van der Waals surface area contributed by atoms with E-state index in [1.54, 1.807) is 25.4 Å². The van der Waals surface area contributed by atoms with Crippen LogP contribution in [0.5, 0.6) is 5.75 Å². The second-order valence-corrected chi connectivity index (χ2v) is 8.19. The van der Waals surface area contributed by atoms with Crippen molar-refractivity contribution in [1.29, 1.82) is 0 Å². The number of H-pyrrole nitrogens is 1. The molecule has 3 aromatic rings. The van der Waals surface area contributed by atoms with Gasteiger partial charge in [-0.3, -0.25) is 5.10 Å². The van der Waals surface area contributed by atoms with Crippen molar-refractivity contribution in [2.75, 3.05) is 7.11 Å². The number of hydrazone groups is 1. The number of aromatic amines is 1. The quantitative estimate of drug-likeness (QED) is 0.413. The molecular formula is C21H24N4O3S. The first-order valence-electron chi connectivity index (χ1n) is 9.35. The Balaban J connectivity index is 1.70. The van der Waals surface area contributed by atoms with Gasteiger partial charge in [0.25, 0.3) is 10.0 Å². The van der Waals surface area contributed by atoms with E-state index >= 15 is 0 Å². The zero-order valence-electron chi connectivity index (χ0n) is 16.4. The smallest absolute Gasteiger partial charge is 0.276 e. The van der Waals surface area contributed by atoms with Gasteiger partial charge in [-0.05, 0) is 54.8 Å². The number of ether oxygens (including phenoxy) is 1. The Hall–Kier alpha value is -3.13. The summed E-state index contributed by atoms with van der Waals surface area (Å²) < 4.78 is 30.1. The Morgan fingerprint density at radius 3 is 2.52 bits per heavy atom. The molecule has 0 radical (unpaired) electrons. The molecule has 7 nitrogen and oxygen atoms in total. The largest absolute Gasteiger partial charge is 0.497 e. The summed E-state index contributed by atoms with van der Waals surface area (Å²) in [5, 5.41) is 10.8. The summed E-state index contributed by atoms with van der Waals surface area (Å²) in [6.07, 6.45) is 6.13. The van der Waals surface area contributed by atoms with Crippen LogP contribution in [0, 0.1) is 0 Å². The highest BCUT2D eigenvalue weighted by Gasteiger charge is 2.13. The molecule has 0 spiro atoms. The van der Waals surface area contributed by atoms with Gasteiger partial charge in [0.1, 0.15) is 5.75 Å². The van der Waals surface area contributed by atoms with Crippen LogP contribution in [-0.4, -0.2) is 31.9 Å². The van der Waals surface area contributed by atoms with Crippen molar-refractivity contribution in [1.82, 2.24) is 15.0 Å². The molecule has 0 unspecified atom stereocenters. The van der Waals surface area contributed by atoms with Gasteiger partial charge >= 0.3 is 0 Å². The van der Waals surface area contributed by atoms with Crippen LogP contribution in [0.25, 0.3) is 11.3 Å². The summed E-state index contributed by atoms with van der Waals surface area (Å²) >= 11 is 0. The predicted octanol–water partition coefficient (Wildman–Crippen LogP) is 3.74. The van der Waals surface area contributed by atoms with E-state index in [-0.39, 0.29) is 4.90 Å². The van der Waals surface area contributed by atoms with Gasteiger partial charge in [0.15, 0.2) is 0 Å². The molecule has 152 valence electrons. The minimum atomic E-state index is -3.73. The maximum atomic E-state index is 12.4. The lowest BCUT2D eigenvalue weighted by atomic mass is 10.1. The summed E-state index contributed by atoms with van der Waals surface area (Å²) in [4.78, 5) is 2.43. The van der Waals surface area contributed by atoms with Gasteiger partial charge in [-0.25, -0.2) is 4.83 Å². The van der Waals surface area contributed by atoms with Crippen LogP contribution in [0.15, 0.2) is 64.7 Å². The molecule has 2 aromatic carbocycles. The molecule has 2 N–H and O–H groups in total. The molecule has 0 amide bonds. The minimum Gasteiger partial charge on any atom is -0.497 e. The maximum absolute atomic E-state index is 12.4. The molecular weight excluding hydrogens is 388 g/mol. The van der Waals surface area contributed by atoms with Crippen LogP contribution in [0.2, 0.25) is 0 Å². The molecule has 0 saturated heterocycles. The number of methoxy groups -OCH3 is 1. The van der Waals surface area contributed by atoms with Crippen LogP contribution >= 0.6 is 0 Å². The Labute approximate surface area is 170 Å². The Morgan fingerprint density at radius 2 is 1.86 bits per heavy atom. The van der Waals surface area contributed by atoms with Gasteiger partial charge in [0.2, 0.25) is 0 Å². The Kier molecular flexibility index (Phi) is 6.66. The number of benzene rings is 2. The second-order valence-electron chi connectivity index (χ2n) is 6.53. The van der Waals surface area contributed by atoms with Gasteiger partial charge in [-0.1, -0.05) is 25.5 Å². The SMILES string of the molecule is CCCCc1ccc(S(=O)(=O)N/N=C/c2cn[nH]c2-c2ccc(OC)cc2)cc1. The molecule has 1 heterocycles. The average Bonchev–Trinajstić information content (AvgIpc) is 3.21. The van der Waals surface area contributed by atoms with Gasteiger partial charge in [-0.2, -0.15) is 18.6 Å². The fourth-order valence-corrected chi connectivity index (χ4v) is 3.61. The van der Waals surface area contributed by atoms with Crippen LogP contribution in [0.4, 0.5) is 0 Å². The van der Waals surface area contributed by atoms with Crippen molar-refractivity contribution in [3.05, 3.63) is 65.9 Å². The molecule has 0 bridgehead atoms. The average molecular weight is 413 g/mol. The predicted molar refractivity (Wildman–Crippen MR) is 114 cm³/mol. The minimum absolute atomic E-state index is 0.178. The van der Waals surface area contributed by atoms with Gasteiger partial charge in [0, 0.05) is 11.1 Å². The van der Waals surface area contributed by atoms with Gasteiger partial charge in [-0.15, -0.1) is 0 Å². The van der Waals surface area contributed by atoms with E-state index in [9.17, 15) is 8.42 Å². The van der Waals surface area contributed by atoms with E-state index in [4.69, 9.17) is 4.74 Å². The number of hydrogen-bond acceptors (Lipinski definition) is 5. The van der Waals surface area contributed by atoms with Crippen LogP contribution < -0.4 is 9.57 Å². The lowest BCUT2D eigenvalue weighted by Crippen LogP contribution is -2.18. The highest BCUT2D eigenvalue weighted by molar-refractivity contribution is 7.89. The number of hydrogen-bond donors (Lipinski definition) is 2. The number of aryl methyl sites for hydroxylation is 1. The number of nitrogens with one attached hydrogen (secondary N) is 2. The molecule has 3 rings (SSSR count). The third kappa shape index (κ3) is 5.23. The van der Waals surface area contributed by atoms with Crippen molar-refractivity contribution < 1.29 is 13.2 Å². The number of rotatable bonds is 9. The molecule has 0 atom stereocenters. The van der Waals surface area contributed by atoms with Crippen molar-refractivity contribution in [2.24, 2.45) is 5.10 Å². The summed E-state index contributed by atoms with van der Waals surface area (Å²) in [5.74, 6) is 0.747. The highest BCUT2D eigenvalue weighted by Crippen LogP contribution is 2.22. The van der Waals surface area contributed by atoms with Crippen molar-refractivity contribution in [3.63, 3.8) is 0 Å². The van der Waals surface area contributed by atoms with E-state index in [0.717, 1.165) is 41.8 Å². The number of unbranched alkanes of at least 4 members (excludes halogenated alkanes) is 1. The zero-order chi connectivity index (χ0) is 20.7. The summed E-state index contributed by atoms with van der Waals surface area (Å²) in [6, 6.07) is 14.3. The monoisotopic (exact) mass is 412 g/mol. The molecule has 0 aliphatic heterocycles. The number of nitrogens with zero attached hydrogens (tertiary/aromatic N) is 2. The van der Waals surface area contributed by atoms with E-state index in [2.05, 4.69) is 27.1 Å². The van der Waals surface area contributed by atoms with Crippen LogP contribution in [-0.2, 0) is 16.4 Å². The Bertz CT molecular complexity index is 1060. The van der Waals surface area contributed by atoms with E-state index in [0.29, 0.717) is 5.56 Å². The number of aromatic nitrogens is 2. The van der Waals surface area contributed by atoms with Gasteiger partial charge < -0.3 is 4.74 Å². The lowest BCUT2D eigenvalue weighted by molar-refractivity contribution is 0.415. The second kappa shape index (κ2) is 9.38. The standard InChI is InChI=1S/C21H24N4O3S/c1-3-4-5-16-6-12-20(13-7-16)29(26,27)25-23-15-18-14-22-24-21(18)17-8-10-19(28-2)11-9-17/h6-15,25H,3-5H2,1-2H3,(H,22,24)/b23-15+. The van der Waals surface area contributed by atoms with Crippen LogP contribution in [0.1, 0.15) is 30.9 Å². The first-order valence-corrected chi connectivity index (χ1v) is 10.8. The van der Waals surface area contributed by atoms with E-state index < -0.39 is 10.0 Å². The molecule has 1 aromatic heterocycles. The molecule has 8 heteroatoms. The fraction of sp³-hybridized carbons (Fsp3) is 0.238. The third-order valence-corrected chi connectivity index (χ3v) is 5.72. The molecule has 0 fully saturated rings. The Morgan fingerprint density at radius 1 is 1.14 bits per heavy atom. The molecule has 0 aliphatic rings. The van der Waals surface area contributed by atoms with Crippen molar-refractivity contribution >= 4 is 16.2 Å². The first kappa shape index (κ1) is 20.6. The van der Waals surface area contributed by atoms with E-state index in [1.165, 1.54) is 6.21 Å². The zero-order valence-corrected chi connectivity index (χ0v) is 17.2. The topological polar surface area (TPSA) is 96.4 Å². The number of sulfonamides is 1. The third-order valence-electron chi connectivity index (χ3n) is 4.48. The summed E-state index contributed by atoms with van der Waals surface area (Å²) in [6.45, 7) is 2.13. The summed E-state index contributed by atoms with van der Waals surface area (Å²) in [5.41, 5.74) is 3.40. The highest BCUT2D eigenvalue weighted by atomic mass is 32.2. The van der Waals surface area contributed by atoms with Gasteiger partial charge in [0.05, 0.1) is 30.1 Å². The fourth-order valence-electron chi connectivity index (χ4n) is 2.82. The first-order chi connectivity index (χ1) is 14.0. The molecule has 29 heavy (non-hydrogen) atoms. The summed E-state index contributed by atoms with van der Waals surface area (Å²) in [7, 11) is -2.13. The van der Waals surface area contributed by atoms with E-state index in [1.807, 2.05) is 36.4 Å². The molecule has 0 aliphatic carbocycles. The lowest BCUT2D eigenvalue weighted by Gasteiger charge is -2.05. The van der Waals surface area contributed by atoms with Crippen molar-refractivity contribution in [2.45, 2.75) is 31.1 Å². The van der Waals surface area contributed by atoms with Crippen LogP contribution in [0.3, 0.4) is 0 Å². The maximum Gasteiger partial charge on any atom is 0.276 e.